The molecule has 1 nitrogen and oxygen atoms in total. The zero-order chi connectivity index (χ0) is 17.1. The number of hydrogen-bond donors (Lipinski definition) is 0. The molecule has 2 unspecified atom stereocenters. The molecule has 0 saturated heterocycles. The molecular weight excluding hydrogens is 288 g/mol. The Kier molecular flexibility index (Phi) is 11.0. The average molecular weight is 321 g/mol. The van der Waals surface area contributed by atoms with Crippen molar-refractivity contribution in [2.24, 2.45) is 11.8 Å². The van der Waals surface area contributed by atoms with Crippen LogP contribution in [0.1, 0.15) is 66.2 Å². The Morgan fingerprint density at radius 1 is 0.909 bits per heavy atom. The minimum absolute atomic E-state index is 0.767. The Labute approximate surface area is 142 Å². The Balaban J connectivity index is 0.000000360. The van der Waals surface area contributed by atoms with Gasteiger partial charge in [-0.25, -0.2) is 0 Å². The van der Waals surface area contributed by atoms with Crippen LogP contribution in [0.15, 0.2) is 47.6 Å². The first kappa shape index (κ1) is 21.0. The Morgan fingerprint density at radius 2 is 1.23 bits per heavy atom. The third kappa shape index (κ3) is 8.43. The van der Waals surface area contributed by atoms with Crippen LogP contribution in [-0.2, 0) is 12.5 Å². The second-order valence-electron chi connectivity index (χ2n) is 6.74. The minimum Gasteiger partial charge on any atom is -0.197 e. The lowest BCUT2D eigenvalue weighted by Crippen LogP contribution is -2.04. The predicted molar refractivity (Wildman–Crippen MR) is 100.0 cm³/mol. The van der Waals surface area contributed by atoms with Gasteiger partial charge in [-0.1, -0.05) is 47.6 Å². The molecule has 0 aromatic carbocycles. The lowest BCUT2D eigenvalue weighted by atomic mass is 9.86. The predicted octanol–water partition coefficient (Wildman–Crippen LogP) is 6.28. The van der Waals surface area contributed by atoms with Gasteiger partial charge in [0.25, 0.3) is 0 Å². The number of hydrogen-bond acceptors (Lipinski definition) is 2. The Bertz CT molecular complexity index is 391. The van der Waals surface area contributed by atoms with Crippen LogP contribution in [0.2, 0.25) is 0 Å². The lowest BCUT2D eigenvalue weighted by molar-refractivity contribution is 0.540. The van der Waals surface area contributed by atoms with E-state index in [1.54, 1.807) is 11.1 Å². The van der Waals surface area contributed by atoms with Crippen molar-refractivity contribution in [1.29, 1.82) is 0 Å². The summed E-state index contributed by atoms with van der Waals surface area (Å²) in [6.45, 7) is 16.7. The quantitative estimate of drug-likeness (QED) is 0.557. The fourth-order valence-electron chi connectivity index (χ4n) is 2.83. The van der Waals surface area contributed by atoms with Crippen LogP contribution in [0.25, 0.3) is 0 Å². The molecule has 22 heavy (non-hydrogen) atoms. The summed E-state index contributed by atoms with van der Waals surface area (Å²) in [5.74, 6) is 1.53. The molecule has 0 aromatic heterocycles. The maximum absolute atomic E-state index is 7.83. The summed E-state index contributed by atoms with van der Waals surface area (Å²) in [5.41, 5.74) is 5.81. The largest absolute Gasteiger partial charge is 0.197 e. The molecule has 0 saturated carbocycles. The van der Waals surface area contributed by atoms with E-state index >= 15 is 0 Å². The number of allylic oxidation sites excluding steroid dienone is 6. The van der Waals surface area contributed by atoms with Crippen LogP contribution < -0.4 is 0 Å². The molecule has 2 aliphatic carbocycles. The molecule has 0 bridgehead atoms. The monoisotopic (exact) mass is 320 g/mol. The first-order chi connectivity index (χ1) is 10.4. The van der Waals surface area contributed by atoms with Crippen LogP contribution in [0.4, 0.5) is 0 Å². The molecule has 2 atom stereocenters. The molecule has 2 rings (SSSR count). The van der Waals surface area contributed by atoms with Gasteiger partial charge in [0.2, 0.25) is 0 Å². The maximum atomic E-state index is 7.83. The van der Waals surface area contributed by atoms with Crippen molar-refractivity contribution in [2.45, 2.75) is 66.2 Å². The van der Waals surface area contributed by atoms with E-state index in [1.807, 2.05) is 0 Å². The SMILES string of the molecule is C=C(C)C1CC=C(C)CC1.C=C(C)C1CC=C(C)CC1.O=S. The van der Waals surface area contributed by atoms with Gasteiger partial charge in [-0.2, -0.15) is 4.21 Å². The topological polar surface area (TPSA) is 17.1 Å². The minimum atomic E-state index is 0.767. The van der Waals surface area contributed by atoms with Crippen LogP contribution in [0, 0.1) is 11.8 Å². The first-order valence-electron chi connectivity index (χ1n) is 8.19. The zero-order valence-electron chi connectivity index (χ0n) is 14.8. The van der Waals surface area contributed by atoms with Gasteiger partial charge < -0.3 is 0 Å². The standard InChI is InChI=1S/2C10H16.OS/c2*1-8(2)10-6-4-9(3)5-7-10;1-2/h2*4,10H,1,5-7H2,2-3H3;. The highest BCUT2D eigenvalue weighted by Gasteiger charge is 2.12. The summed E-state index contributed by atoms with van der Waals surface area (Å²) in [5, 5.41) is 0. The summed E-state index contributed by atoms with van der Waals surface area (Å²) in [7, 11) is 0. The normalized spacial score (nSPS) is 23.6. The summed E-state index contributed by atoms with van der Waals surface area (Å²) in [6.07, 6.45) is 12.3. The van der Waals surface area contributed by atoms with Gasteiger partial charge in [-0.15, -0.1) is 0 Å². The molecule has 0 spiro atoms. The molecule has 0 aliphatic heterocycles. The third-order valence-electron chi connectivity index (χ3n) is 4.67. The maximum Gasteiger partial charge on any atom is 0.197 e. The van der Waals surface area contributed by atoms with Crippen molar-refractivity contribution in [3.8, 4) is 0 Å². The lowest BCUT2D eigenvalue weighted by Gasteiger charge is -2.19. The van der Waals surface area contributed by atoms with E-state index in [0.29, 0.717) is 0 Å². The molecule has 0 N–H and O–H groups in total. The zero-order valence-corrected chi connectivity index (χ0v) is 15.6. The number of rotatable bonds is 2. The molecule has 0 fully saturated rings. The molecule has 124 valence electrons. The van der Waals surface area contributed by atoms with Gasteiger partial charge in [0, 0.05) is 0 Å². The van der Waals surface area contributed by atoms with Crippen LogP contribution in [-0.4, -0.2) is 4.21 Å². The fourth-order valence-corrected chi connectivity index (χ4v) is 2.83. The molecule has 0 heterocycles. The van der Waals surface area contributed by atoms with E-state index in [4.69, 9.17) is 4.21 Å². The fraction of sp³-hybridized carbons (Fsp3) is 0.600. The summed E-state index contributed by atoms with van der Waals surface area (Å²) < 4.78 is 7.83. The van der Waals surface area contributed by atoms with Crippen LogP contribution >= 0.6 is 0 Å². The molecular formula is C20H32OS. The first-order valence-corrected chi connectivity index (χ1v) is 8.52. The van der Waals surface area contributed by atoms with Crippen LogP contribution in [0.5, 0.6) is 0 Å². The molecule has 2 aliphatic rings. The van der Waals surface area contributed by atoms with Crippen molar-refractivity contribution < 1.29 is 4.21 Å². The summed E-state index contributed by atoms with van der Waals surface area (Å²) in [6, 6.07) is 0. The van der Waals surface area contributed by atoms with E-state index in [0.717, 1.165) is 11.8 Å². The second kappa shape index (κ2) is 11.5. The van der Waals surface area contributed by atoms with Crippen molar-refractivity contribution >= 4 is 12.5 Å². The molecule has 2 heteroatoms. The van der Waals surface area contributed by atoms with Gasteiger partial charge in [-0.05, 0) is 78.1 Å². The van der Waals surface area contributed by atoms with Gasteiger partial charge in [-0.3, -0.25) is 0 Å². The highest BCUT2D eigenvalue weighted by molar-refractivity contribution is 7.44. The summed E-state index contributed by atoms with van der Waals surface area (Å²) >= 11 is 2.83. The molecule has 0 radical (unpaired) electrons. The third-order valence-corrected chi connectivity index (χ3v) is 4.67. The molecule has 0 aromatic rings. The van der Waals surface area contributed by atoms with Crippen molar-refractivity contribution in [1.82, 2.24) is 0 Å². The van der Waals surface area contributed by atoms with E-state index < -0.39 is 0 Å². The van der Waals surface area contributed by atoms with Gasteiger partial charge in [0.15, 0.2) is 12.5 Å². The van der Waals surface area contributed by atoms with Crippen molar-refractivity contribution in [2.75, 3.05) is 0 Å². The van der Waals surface area contributed by atoms with Crippen molar-refractivity contribution in [3.63, 3.8) is 0 Å². The second-order valence-corrected chi connectivity index (χ2v) is 6.74. The van der Waals surface area contributed by atoms with E-state index in [2.05, 4.69) is 65.5 Å². The van der Waals surface area contributed by atoms with Gasteiger partial charge in [0.1, 0.15) is 0 Å². The van der Waals surface area contributed by atoms with Crippen LogP contribution in [0.3, 0.4) is 0 Å². The van der Waals surface area contributed by atoms with Gasteiger partial charge in [0.05, 0.1) is 0 Å². The summed E-state index contributed by atoms with van der Waals surface area (Å²) in [4.78, 5) is 0. The average Bonchev–Trinajstić information content (AvgIpc) is 2.51. The molecule has 0 amide bonds. The smallest absolute Gasteiger partial charge is 0.197 e. The highest BCUT2D eigenvalue weighted by atomic mass is 32.1. The Morgan fingerprint density at radius 3 is 1.41 bits per heavy atom. The van der Waals surface area contributed by atoms with E-state index in [1.165, 1.54) is 49.7 Å². The van der Waals surface area contributed by atoms with Crippen molar-refractivity contribution in [3.05, 3.63) is 47.6 Å². The van der Waals surface area contributed by atoms with E-state index in [9.17, 15) is 0 Å². The van der Waals surface area contributed by atoms with E-state index in [-0.39, 0.29) is 0 Å². The highest BCUT2D eigenvalue weighted by Crippen LogP contribution is 2.28. The Hall–Kier alpha value is -1.02. The van der Waals surface area contributed by atoms with Gasteiger partial charge >= 0.3 is 0 Å².